The summed E-state index contributed by atoms with van der Waals surface area (Å²) in [4.78, 5) is 10.6. The van der Waals surface area contributed by atoms with Gasteiger partial charge in [-0.15, -0.1) is 23.2 Å². The Labute approximate surface area is 116 Å². The molecule has 1 aliphatic heterocycles. The van der Waals surface area contributed by atoms with Gasteiger partial charge in [-0.25, -0.2) is 0 Å². The molecule has 0 N–H and O–H groups in total. The molecule has 0 saturated heterocycles. The quantitative estimate of drug-likeness (QED) is 0.610. The normalized spacial score (nSPS) is 12.9. The number of hydrogen-bond acceptors (Lipinski definition) is 2. The third-order valence-electron chi connectivity index (χ3n) is 2.23. The highest BCUT2D eigenvalue weighted by Crippen LogP contribution is 2.30. The standard InChI is InChI=1S/C10H9ClO2.C2H4Cl2/c11-9-5-10-7(2-1-3-13-10)4-8(9)6-12;3-1-2-4/h4-6H,1-3H2;1-2H2. The molecule has 0 aliphatic carbocycles. The molecule has 0 amide bonds. The first-order chi connectivity index (χ1) is 8.22. The maximum Gasteiger partial charge on any atom is 0.151 e. The van der Waals surface area contributed by atoms with Gasteiger partial charge in [0.1, 0.15) is 5.75 Å². The summed E-state index contributed by atoms with van der Waals surface area (Å²) < 4.78 is 5.40. The lowest BCUT2D eigenvalue weighted by Gasteiger charge is -2.17. The SMILES string of the molecule is ClCCCl.O=Cc1cc2c(cc1Cl)OCCC2. The summed E-state index contributed by atoms with van der Waals surface area (Å²) in [7, 11) is 0. The minimum Gasteiger partial charge on any atom is -0.493 e. The first-order valence-corrected chi connectivity index (χ1v) is 6.70. The van der Waals surface area contributed by atoms with Gasteiger partial charge in [0.25, 0.3) is 0 Å². The van der Waals surface area contributed by atoms with Gasteiger partial charge in [0.05, 0.1) is 11.6 Å². The molecule has 1 heterocycles. The smallest absolute Gasteiger partial charge is 0.151 e. The number of aldehydes is 1. The van der Waals surface area contributed by atoms with E-state index in [4.69, 9.17) is 39.5 Å². The monoisotopic (exact) mass is 294 g/mol. The van der Waals surface area contributed by atoms with E-state index in [1.807, 2.05) is 6.07 Å². The molecule has 94 valence electrons. The zero-order valence-corrected chi connectivity index (χ0v) is 11.5. The van der Waals surface area contributed by atoms with Crippen LogP contribution in [0, 0.1) is 0 Å². The molecule has 0 atom stereocenters. The van der Waals surface area contributed by atoms with Crippen molar-refractivity contribution in [2.75, 3.05) is 18.4 Å². The molecule has 17 heavy (non-hydrogen) atoms. The fourth-order valence-corrected chi connectivity index (χ4v) is 1.68. The Balaban J connectivity index is 0.000000317. The van der Waals surface area contributed by atoms with Gasteiger partial charge < -0.3 is 4.74 Å². The zero-order valence-electron chi connectivity index (χ0n) is 9.22. The third kappa shape index (κ3) is 4.38. The van der Waals surface area contributed by atoms with Crippen molar-refractivity contribution in [3.63, 3.8) is 0 Å². The van der Waals surface area contributed by atoms with Crippen LogP contribution >= 0.6 is 34.8 Å². The van der Waals surface area contributed by atoms with Crippen molar-refractivity contribution in [3.05, 3.63) is 28.3 Å². The summed E-state index contributed by atoms with van der Waals surface area (Å²) in [6, 6.07) is 3.53. The highest BCUT2D eigenvalue weighted by molar-refractivity contribution is 6.33. The molecule has 0 unspecified atom stereocenters. The number of halogens is 3. The number of aryl methyl sites for hydroxylation is 1. The largest absolute Gasteiger partial charge is 0.493 e. The van der Waals surface area contributed by atoms with Gasteiger partial charge in [0, 0.05) is 17.3 Å². The summed E-state index contributed by atoms with van der Waals surface area (Å²) in [6.07, 6.45) is 2.75. The van der Waals surface area contributed by atoms with Crippen molar-refractivity contribution in [3.8, 4) is 5.75 Å². The van der Waals surface area contributed by atoms with Crippen LogP contribution in [-0.2, 0) is 6.42 Å². The molecule has 2 rings (SSSR count). The Morgan fingerprint density at radius 1 is 1.29 bits per heavy atom. The Bertz CT molecular complexity index is 378. The van der Waals surface area contributed by atoms with Crippen LogP contribution in [0.2, 0.25) is 5.02 Å². The summed E-state index contributed by atoms with van der Waals surface area (Å²) in [5.41, 5.74) is 1.63. The van der Waals surface area contributed by atoms with Crippen molar-refractivity contribution >= 4 is 41.1 Å². The van der Waals surface area contributed by atoms with E-state index in [1.165, 1.54) is 0 Å². The van der Waals surface area contributed by atoms with E-state index in [9.17, 15) is 4.79 Å². The van der Waals surface area contributed by atoms with E-state index >= 15 is 0 Å². The van der Waals surface area contributed by atoms with Crippen molar-refractivity contribution in [2.45, 2.75) is 12.8 Å². The lowest BCUT2D eigenvalue weighted by molar-refractivity contribution is 0.112. The highest BCUT2D eigenvalue weighted by Gasteiger charge is 2.12. The molecule has 0 bridgehead atoms. The number of carbonyl (C=O) groups excluding carboxylic acids is 1. The van der Waals surface area contributed by atoms with Crippen LogP contribution in [0.15, 0.2) is 12.1 Å². The van der Waals surface area contributed by atoms with E-state index in [-0.39, 0.29) is 0 Å². The second-order valence-electron chi connectivity index (χ2n) is 3.43. The first-order valence-electron chi connectivity index (χ1n) is 5.25. The molecular weight excluding hydrogens is 282 g/mol. The number of ether oxygens (including phenoxy) is 1. The lowest BCUT2D eigenvalue weighted by Crippen LogP contribution is -2.08. The fourth-order valence-electron chi connectivity index (χ4n) is 1.48. The number of rotatable bonds is 2. The molecule has 2 nitrogen and oxygen atoms in total. The van der Waals surface area contributed by atoms with Crippen molar-refractivity contribution < 1.29 is 9.53 Å². The predicted octanol–water partition coefficient (Wildman–Crippen LogP) is 3.94. The average molecular weight is 296 g/mol. The van der Waals surface area contributed by atoms with Crippen LogP contribution in [0.4, 0.5) is 0 Å². The van der Waals surface area contributed by atoms with E-state index in [1.54, 1.807) is 6.07 Å². The van der Waals surface area contributed by atoms with Crippen molar-refractivity contribution in [2.24, 2.45) is 0 Å². The van der Waals surface area contributed by atoms with Gasteiger partial charge in [-0.3, -0.25) is 4.79 Å². The van der Waals surface area contributed by atoms with E-state index in [2.05, 4.69) is 0 Å². The summed E-state index contributed by atoms with van der Waals surface area (Å²) in [5.74, 6) is 1.94. The van der Waals surface area contributed by atoms with Crippen LogP contribution in [0.3, 0.4) is 0 Å². The molecule has 1 aromatic rings. The number of benzene rings is 1. The summed E-state index contributed by atoms with van der Waals surface area (Å²) in [5, 5.41) is 0.468. The molecule has 0 aromatic heterocycles. The molecule has 1 aliphatic rings. The third-order valence-corrected chi connectivity index (χ3v) is 3.12. The first kappa shape index (κ1) is 14.6. The zero-order chi connectivity index (χ0) is 12.7. The number of hydrogen-bond donors (Lipinski definition) is 0. The van der Waals surface area contributed by atoms with Crippen LogP contribution in [0.5, 0.6) is 5.75 Å². The van der Waals surface area contributed by atoms with E-state index in [0.717, 1.165) is 37.0 Å². The van der Waals surface area contributed by atoms with Crippen LogP contribution < -0.4 is 4.74 Å². The van der Waals surface area contributed by atoms with Crippen molar-refractivity contribution in [1.29, 1.82) is 0 Å². The van der Waals surface area contributed by atoms with Gasteiger partial charge in [0.2, 0.25) is 0 Å². The molecule has 5 heteroatoms. The Morgan fingerprint density at radius 2 is 2.00 bits per heavy atom. The number of carbonyl (C=O) groups is 1. The van der Waals surface area contributed by atoms with Crippen LogP contribution in [-0.4, -0.2) is 24.7 Å². The lowest BCUT2D eigenvalue weighted by atomic mass is 10.0. The van der Waals surface area contributed by atoms with Gasteiger partial charge in [-0.05, 0) is 30.5 Å². The van der Waals surface area contributed by atoms with E-state index in [0.29, 0.717) is 22.3 Å². The Kier molecular flexibility index (Phi) is 6.71. The topological polar surface area (TPSA) is 26.3 Å². The molecule has 0 radical (unpaired) electrons. The van der Waals surface area contributed by atoms with Gasteiger partial charge in [0.15, 0.2) is 6.29 Å². The van der Waals surface area contributed by atoms with Crippen LogP contribution in [0.25, 0.3) is 0 Å². The maximum atomic E-state index is 10.6. The number of fused-ring (bicyclic) bond motifs is 1. The highest BCUT2D eigenvalue weighted by atomic mass is 35.5. The van der Waals surface area contributed by atoms with E-state index < -0.39 is 0 Å². The van der Waals surface area contributed by atoms with Gasteiger partial charge in [-0.1, -0.05) is 11.6 Å². The Hall–Kier alpha value is -0.440. The van der Waals surface area contributed by atoms with Gasteiger partial charge in [-0.2, -0.15) is 0 Å². The fraction of sp³-hybridized carbons (Fsp3) is 0.417. The van der Waals surface area contributed by atoms with Gasteiger partial charge >= 0.3 is 0 Å². The summed E-state index contributed by atoms with van der Waals surface area (Å²) in [6.45, 7) is 0.740. The Morgan fingerprint density at radius 3 is 2.59 bits per heavy atom. The predicted molar refractivity (Wildman–Crippen MR) is 72.1 cm³/mol. The maximum absolute atomic E-state index is 10.6. The molecule has 0 spiro atoms. The van der Waals surface area contributed by atoms with Crippen molar-refractivity contribution in [1.82, 2.24) is 0 Å². The average Bonchev–Trinajstić information content (AvgIpc) is 2.38. The minimum atomic E-state index is 0.468. The second kappa shape index (κ2) is 7.80. The summed E-state index contributed by atoms with van der Waals surface area (Å²) >= 11 is 16.0. The second-order valence-corrected chi connectivity index (χ2v) is 4.59. The molecule has 0 saturated carbocycles. The molecular formula is C12H13Cl3O2. The minimum absolute atomic E-state index is 0.468. The number of alkyl halides is 2. The molecule has 1 aromatic carbocycles. The van der Waals surface area contributed by atoms with Crippen LogP contribution in [0.1, 0.15) is 22.3 Å². The molecule has 0 fully saturated rings.